The van der Waals surface area contributed by atoms with Crippen LogP contribution in [0.1, 0.15) is 42.0 Å². The maximum Gasteiger partial charge on any atom is 0.127 e. The second kappa shape index (κ2) is 6.10. The van der Waals surface area contributed by atoms with E-state index in [0.717, 1.165) is 22.6 Å². The van der Waals surface area contributed by atoms with Crippen molar-refractivity contribution in [2.75, 3.05) is 0 Å². The van der Waals surface area contributed by atoms with E-state index in [-0.39, 0.29) is 6.61 Å². The van der Waals surface area contributed by atoms with Crippen molar-refractivity contribution in [2.24, 2.45) is 0 Å². The zero-order chi connectivity index (χ0) is 14.7. The molecule has 106 valence electrons. The van der Waals surface area contributed by atoms with Gasteiger partial charge in [-0.3, -0.25) is 0 Å². The molecule has 2 aromatic carbocycles. The molecule has 2 nitrogen and oxygen atoms in total. The van der Waals surface area contributed by atoms with Crippen LogP contribution < -0.4 is 4.74 Å². The fourth-order valence-electron chi connectivity index (χ4n) is 2.40. The Morgan fingerprint density at radius 2 is 1.55 bits per heavy atom. The van der Waals surface area contributed by atoms with E-state index in [1.807, 2.05) is 31.2 Å². The van der Waals surface area contributed by atoms with Crippen LogP contribution >= 0.6 is 0 Å². The molecule has 0 spiro atoms. The summed E-state index contributed by atoms with van der Waals surface area (Å²) in [7, 11) is 0. The van der Waals surface area contributed by atoms with E-state index in [2.05, 4.69) is 32.9 Å². The number of rotatable bonds is 4. The van der Waals surface area contributed by atoms with Crippen molar-refractivity contribution >= 4 is 0 Å². The van der Waals surface area contributed by atoms with Crippen LogP contribution in [-0.4, -0.2) is 5.11 Å². The number of benzene rings is 2. The number of hydrogen-bond acceptors (Lipinski definition) is 2. The highest BCUT2D eigenvalue weighted by molar-refractivity contribution is 5.41. The van der Waals surface area contributed by atoms with E-state index in [4.69, 9.17) is 4.74 Å². The average Bonchev–Trinajstić information content (AvgIpc) is 2.38. The van der Waals surface area contributed by atoms with E-state index in [1.54, 1.807) is 0 Å². The molecule has 0 atom stereocenters. The van der Waals surface area contributed by atoms with Crippen molar-refractivity contribution in [3.8, 4) is 11.5 Å². The number of aryl methyl sites for hydroxylation is 2. The van der Waals surface area contributed by atoms with Crippen LogP contribution in [-0.2, 0) is 6.61 Å². The second-order valence-electron chi connectivity index (χ2n) is 5.52. The molecule has 20 heavy (non-hydrogen) atoms. The molecule has 0 bridgehead atoms. The van der Waals surface area contributed by atoms with Crippen molar-refractivity contribution in [1.29, 1.82) is 0 Å². The lowest BCUT2D eigenvalue weighted by atomic mass is 9.98. The maximum absolute atomic E-state index is 9.18. The maximum atomic E-state index is 9.18. The lowest BCUT2D eigenvalue weighted by Gasteiger charge is -2.13. The molecule has 0 fully saturated rings. The summed E-state index contributed by atoms with van der Waals surface area (Å²) < 4.78 is 5.89. The molecule has 0 aromatic heterocycles. The van der Waals surface area contributed by atoms with Gasteiger partial charge >= 0.3 is 0 Å². The Bertz CT molecular complexity index is 600. The summed E-state index contributed by atoms with van der Waals surface area (Å²) in [6, 6.07) is 12.0. The van der Waals surface area contributed by atoms with Gasteiger partial charge in [-0.1, -0.05) is 26.0 Å². The molecule has 0 saturated heterocycles. The molecule has 2 aromatic rings. The fraction of sp³-hybridized carbons (Fsp3) is 0.333. The number of aliphatic hydroxyl groups excluding tert-OH is 1. The van der Waals surface area contributed by atoms with E-state index < -0.39 is 0 Å². The van der Waals surface area contributed by atoms with Crippen molar-refractivity contribution in [3.63, 3.8) is 0 Å². The summed E-state index contributed by atoms with van der Waals surface area (Å²) in [4.78, 5) is 0. The van der Waals surface area contributed by atoms with Crippen LogP contribution in [0.15, 0.2) is 36.4 Å². The Labute approximate surface area is 121 Å². The van der Waals surface area contributed by atoms with Gasteiger partial charge in [-0.05, 0) is 66.3 Å². The third-order valence-corrected chi connectivity index (χ3v) is 3.58. The van der Waals surface area contributed by atoms with Crippen LogP contribution in [0.5, 0.6) is 11.5 Å². The normalized spacial score (nSPS) is 10.9. The van der Waals surface area contributed by atoms with Gasteiger partial charge in [0.05, 0.1) is 6.61 Å². The second-order valence-corrected chi connectivity index (χ2v) is 5.52. The van der Waals surface area contributed by atoms with Gasteiger partial charge in [0, 0.05) is 0 Å². The van der Waals surface area contributed by atoms with Crippen molar-refractivity contribution in [3.05, 3.63) is 58.7 Å². The van der Waals surface area contributed by atoms with Crippen LogP contribution in [0.3, 0.4) is 0 Å². The van der Waals surface area contributed by atoms with Gasteiger partial charge in [-0.15, -0.1) is 0 Å². The van der Waals surface area contributed by atoms with Gasteiger partial charge in [0.2, 0.25) is 0 Å². The predicted octanol–water partition coefficient (Wildman–Crippen LogP) is 4.71. The summed E-state index contributed by atoms with van der Waals surface area (Å²) >= 11 is 0. The molecular weight excluding hydrogens is 248 g/mol. The molecule has 2 rings (SSSR count). The van der Waals surface area contributed by atoms with Gasteiger partial charge in [0.1, 0.15) is 11.5 Å². The van der Waals surface area contributed by atoms with Crippen LogP contribution in [0.4, 0.5) is 0 Å². The molecule has 0 aliphatic carbocycles. The molecule has 0 radical (unpaired) electrons. The quantitative estimate of drug-likeness (QED) is 0.871. The minimum atomic E-state index is 0.0638. The van der Waals surface area contributed by atoms with Gasteiger partial charge in [-0.2, -0.15) is 0 Å². The van der Waals surface area contributed by atoms with Gasteiger partial charge in [0.15, 0.2) is 0 Å². The SMILES string of the molecule is Cc1cc(Oc2ccc(C(C)C)c(C)c2)ccc1CO. The van der Waals surface area contributed by atoms with Gasteiger partial charge in [-0.25, -0.2) is 0 Å². The molecule has 0 aliphatic rings. The highest BCUT2D eigenvalue weighted by atomic mass is 16.5. The Morgan fingerprint density at radius 1 is 0.950 bits per heavy atom. The van der Waals surface area contributed by atoms with Crippen LogP contribution in [0.2, 0.25) is 0 Å². The predicted molar refractivity (Wildman–Crippen MR) is 82.4 cm³/mol. The summed E-state index contributed by atoms with van der Waals surface area (Å²) in [5.74, 6) is 2.18. The van der Waals surface area contributed by atoms with Crippen molar-refractivity contribution in [1.82, 2.24) is 0 Å². The average molecular weight is 270 g/mol. The number of hydrogen-bond donors (Lipinski definition) is 1. The Hall–Kier alpha value is -1.80. The van der Waals surface area contributed by atoms with Crippen LogP contribution in [0.25, 0.3) is 0 Å². The first kappa shape index (κ1) is 14.6. The fourth-order valence-corrected chi connectivity index (χ4v) is 2.40. The first-order valence-corrected chi connectivity index (χ1v) is 7.00. The third-order valence-electron chi connectivity index (χ3n) is 3.58. The minimum absolute atomic E-state index is 0.0638. The lowest BCUT2D eigenvalue weighted by molar-refractivity contribution is 0.281. The summed E-state index contributed by atoms with van der Waals surface area (Å²) in [5, 5.41) is 9.18. The topological polar surface area (TPSA) is 29.5 Å². The standard InChI is InChI=1S/C18H22O2/c1-12(2)18-8-7-17(10-14(18)4)20-16-6-5-15(11-19)13(3)9-16/h5-10,12,19H,11H2,1-4H3. The van der Waals surface area contributed by atoms with Crippen molar-refractivity contribution < 1.29 is 9.84 Å². The smallest absolute Gasteiger partial charge is 0.127 e. The zero-order valence-electron chi connectivity index (χ0n) is 12.6. The highest BCUT2D eigenvalue weighted by Crippen LogP contribution is 2.28. The first-order valence-electron chi connectivity index (χ1n) is 7.00. The van der Waals surface area contributed by atoms with Crippen LogP contribution in [0, 0.1) is 13.8 Å². The summed E-state index contributed by atoms with van der Waals surface area (Å²) in [6.45, 7) is 8.54. The van der Waals surface area contributed by atoms with Gasteiger partial charge in [0.25, 0.3) is 0 Å². The van der Waals surface area contributed by atoms with Crippen molar-refractivity contribution in [2.45, 2.75) is 40.2 Å². The molecular formula is C18H22O2. The van der Waals surface area contributed by atoms with E-state index in [9.17, 15) is 5.11 Å². The third kappa shape index (κ3) is 3.20. The zero-order valence-corrected chi connectivity index (χ0v) is 12.6. The Balaban J connectivity index is 2.22. The Kier molecular flexibility index (Phi) is 4.46. The first-order chi connectivity index (χ1) is 9.51. The lowest BCUT2D eigenvalue weighted by Crippen LogP contribution is -1.94. The molecule has 0 saturated carbocycles. The summed E-state index contributed by atoms with van der Waals surface area (Å²) in [5.41, 5.74) is 4.58. The Morgan fingerprint density at radius 3 is 2.05 bits per heavy atom. The molecule has 0 amide bonds. The molecule has 0 heterocycles. The van der Waals surface area contributed by atoms with E-state index in [0.29, 0.717) is 5.92 Å². The number of ether oxygens (including phenoxy) is 1. The number of aliphatic hydroxyl groups is 1. The molecule has 1 N–H and O–H groups in total. The monoisotopic (exact) mass is 270 g/mol. The molecule has 0 unspecified atom stereocenters. The van der Waals surface area contributed by atoms with E-state index in [1.165, 1.54) is 11.1 Å². The van der Waals surface area contributed by atoms with E-state index >= 15 is 0 Å². The highest BCUT2D eigenvalue weighted by Gasteiger charge is 2.06. The largest absolute Gasteiger partial charge is 0.457 e. The van der Waals surface area contributed by atoms with Gasteiger partial charge < -0.3 is 9.84 Å². The minimum Gasteiger partial charge on any atom is -0.457 e. The molecule has 0 aliphatic heterocycles. The molecule has 2 heteroatoms. The summed E-state index contributed by atoms with van der Waals surface area (Å²) in [6.07, 6.45) is 0.